The predicted molar refractivity (Wildman–Crippen MR) is 60.7 cm³/mol. The van der Waals surface area contributed by atoms with Crippen LogP contribution in [0.1, 0.15) is 0 Å². The highest BCUT2D eigenvalue weighted by molar-refractivity contribution is 7.90. The fourth-order valence-corrected chi connectivity index (χ4v) is 1.47. The molecule has 0 amide bonds. The molecule has 1 aromatic rings. The maximum Gasteiger partial charge on any atom is 0.343 e. The molecule has 0 bridgehead atoms. The monoisotopic (exact) mass is 260 g/mol. The minimum absolute atomic E-state index is 0.245. The van der Waals surface area contributed by atoms with E-state index in [1.165, 1.54) is 19.2 Å². The summed E-state index contributed by atoms with van der Waals surface area (Å²) in [6.07, 6.45) is 0. The number of nitrogens with two attached hydrogens (primary N) is 1. The second kappa shape index (κ2) is 5.51. The third-order valence-corrected chi connectivity index (χ3v) is 2.20. The third-order valence-electron chi connectivity index (χ3n) is 1.68. The van der Waals surface area contributed by atoms with Crippen molar-refractivity contribution in [3.63, 3.8) is 0 Å². The Hall–Kier alpha value is -1.80. The van der Waals surface area contributed by atoms with E-state index in [1.54, 1.807) is 12.1 Å². The molecule has 0 aliphatic rings. The molecule has 0 saturated carbocycles. The van der Waals surface area contributed by atoms with Gasteiger partial charge in [-0.3, -0.25) is 4.72 Å². The summed E-state index contributed by atoms with van der Waals surface area (Å²) in [5.74, 6) is -0.209. The molecular weight excluding hydrogens is 248 g/mol. The van der Waals surface area contributed by atoms with E-state index in [9.17, 15) is 13.2 Å². The fourth-order valence-electron chi connectivity index (χ4n) is 1.01. The zero-order valence-electron chi connectivity index (χ0n) is 9.04. The molecule has 1 rings (SSSR count). The summed E-state index contributed by atoms with van der Waals surface area (Å²) < 4.78 is 33.1. The molecule has 0 aliphatic heterocycles. The van der Waals surface area contributed by atoms with Gasteiger partial charge >= 0.3 is 5.97 Å². The van der Waals surface area contributed by atoms with Crippen LogP contribution in [0.4, 0.5) is 5.69 Å². The number of hydrogen-bond acceptors (Lipinski definition) is 5. The van der Waals surface area contributed by atoms with Gasteiger partial charge in [0.25, 0.3) is 10.2 Å². The van der Waals surface area contributed by atoms with Crippen LogP contribution in [-0.4, -0.2) is 28.1 Å². The Labute approximate surface area is 98.7 Å². The number of nitrogens with one attached hydrogen (secondary N) is 1. The zero-order chi connectivity index (χ0) is 12.9. The van der Waals surface area contributed by atoms with Crippen LogP contribution in [0.3, 0.4) is 0 Å². The number of hydrogen-bond donors (Lipinski definition) is 2. The second-order valence-electron chi connectivity index (χ2n) is 3.04. The quantitative estimate of drug-likeness (QED) is 0.716. The van der Waals surface area contributed by atoms with Crippen molar-refractivity contribution in [2.24, 2.45) is 5.14 Å². The standard InChI is InChI=1S/C9H12N2O5S/c1-15-9(12)6-16-8-4-2-3-7(5-8)11-17(10,13)14/h2-5,11H,6H2,1H3,(H2,10,13,14). The van der Waals surface area contributed by atoms with E-state index in [4.69, 9.17) is 9.88 Å². The van der Waals surface area contributed by atoms with Gasteiger partial charge in [0.15, 0.2) is 6.61 Å². The van der Waals surface area contributed by atoms with Crippen molar-refractivity contribution >= 4 is 21.9 Å². The third kappa shape index (κ3) is 5.18. The SMILES string of the molecule is COC(=O)COc1cccc(NS(N)(=O)=O)c1. The number of ether oxygens (including phenoxy) is 2. The lowest BCUT2D eigenvalue weighted by molar-refractivity contribution is -0.142. The molecular formula is C9H12N2O5S. The highest BCUT2D eigenvalue weighted by Crippen LogP contribution is 2.17. The van der Waals surface area contributed by atoms with Gasteiger partial charge in [0.2, 0.25) is 0 Å². The highest BCUT2D eigenvalue weighted by Gasteiger charge is 2.05. The average Bonchev–Trinajstić information content (AvgIpc) is 2.24. The summed E-state index contributed by atoms with van der Waals surface area (Å²) in [5, 5.41) is 4.81. The van der Waals surface area contributed by atoms with Crippen molar-refractivity contribution < 1.29 is 22.7 Å². The largest absolute Gasteiger partial charge is 0.482 e. The minimum Gasteiger partial charge on any atom is -0.482 e. The van der Waals surface area contributed by atoms with Gasteiger partial charge in [-0.25, -0.2) is 9.93 Å². The lowest BCUT2D eigenvalue weighted by Gasteiger charge is -2.07. The van der Waals surface area contributed by atoms with E-state index in [2.05, 4.69) is 9.46 Å². The van der Waals surface area contributed by atoms with E-state index in [0.29, 0.717) is 5.75 Å². The fraction of sp³-hybridized carbons (Fsp3) is 0.222. The van der Waals surface area contributed by atoms with E-state index in [0.717, 1.165) is 0 Å². The van der Waals surface area contributed by atoms with Crippen LogP contribution in [0.2, 0.25) is 0 Å². The molecule has 94 valence electrons. The molecule has 0 unspecified atom stereocenters. The molecule has 0 aliphatic carbocycles. The predicted octanol–water partition coefficient (Wildman–Crippen LogP) is -0.146. The summed E-state index contributed by atoms with van der Waals surface area (Å²) in [5.41, 5.74) is 0.245. The molecule has 0 spiro atoms. The Morgan fingerprint density at radius 2 is 2.18 bits per heavy atom. The zero-order valence-corrected chi connectivity index (χ0v) is 9.86. The number of esters is 1. The van der Waals surface area contributed by atoms with Gasteiger partial charge in [-0.15, -0.1) is 0 Å². The molecule has 0 aromatic heterocycles. The van der Waals surface area contributed by atoms with Crippen molar-refractivity contribution in [2.45, 2.75) is 0 Å². The van der Waals surface area contributed by atoms with Gasteiger partial charge in [0.1, 0.15) is 5.75 Å². The van der Waals surface area contributed by atoms with Crippen molar-refractivity contribution in [3.8, 4) is 5.75 Å². The first-order valence-electron chi connectivity index (χ1n) is 4.51. The van der Waals surface area contributed by atoms with Crippen LogP contribution in [0.25, 0.3) is 0 Å². The Balaban J connectivity index is 2.69. The molecule has 3 N–H and O–H groups in total. The highest BCUT2D eigenvalue weighted by atomic mass is 32.2. The van der Waals surface area contributed by atoms with Gasteiger partial charge in [0, 0.05) is 6.07 Å². The topological polar surface area (TPSA) is 108 Å². The van der Waals surface area contributed by atoms with Crippen LogP contribution in [-0.2, 0) is 19.7 Å². The Bertz CT molecular complexity index is 500. The van der Waals surface area contributed by atoms with Gasteiger partial charge in [0.05, 0.1) is 12.8 Å². The van der Waals surface area contributed by atoms with E-state index in [1.807, 2.05) is 0 Å². The van der Waals surface area contributed by atoms with Crippen molar-refractivity contribution in [1.82, 2.24) is 0 Å². The number of methoxy groups -OCH3 is 1. The lowest BCUT2D eigenvalue weighted by Crippen LogP contribution is -2.21. The van der Waals surface area contributed by atoms with Crippen molar-refractivity contribution in [3.05, 3.63) is 24.3 Å². The molecule has 0 heterocycles. The first kappa shape index (κ1) is 13.3. The van der Waals surface area contributed by atoms with E-state index >= 15 is 0 Å². The summed E-state index contributed by atoms with van der Waals surface area (Å²) in [6, 6.07) is 6.01. The molecule has 0 saturated heterocycles. The number of rotatable bonds is 5. The Morgan fingerprint density at radius 3 is 2.76 bits per heavy atom. The van der Waals surface area contributed by atoms with Crippen LogP contribution >= 0.6 is 0 Å². The summed E-state index contributed by atoms with van der Waals surface area (Å²) >= 11 is 0. The number of benzene rings is 1. The molecule has 7 nitrogen and oxygen atoms in total. The Morgan fingerprint density at radius 1 is 1.47 bits per heavy atom. The van der Waals surface area contributed by atoms with Crippen LogP contribution in [0.5, 0.6) is 5.75 Å². The van der Waals surface area contributed by atoms with Gasteiger partial charge in [-0.1, -0.05) is 6.07 Å². The summed E-state index contributed by atoms with van der Waals surface area (Å²) in [6.45, 7) is -0.255. The van der Waals surface area contributed by atoms with Gasteiger partial charge in [-0.05, 0) is 12.1 Å². The molecule has 1 aromatic carbocycles. The first-order valence-corrected chi connectivity index (χ1v) is 6.05. The molecule has 0 fully saturated rings. The maximum absolute atomic E-state index is 10.8. The number of carbonyl (C=O) groups is 1. The number of anilines is 1. The smallest absolute Gasteiger partial charge is 0.343 e. The minimum atomic E-state index is -3.83. The molecule has 8 heteroatoms. The normalized spacial score (nSPS) is 10.7. The molecule has 0 atom stereocenters. The van der Waals surface area contributed by atoms with Crippen molar-refractivity contribution in [1.29, 1.82) is 0 Å². The number of carbonyl (C=O) groups excluding carboxylic acids is 1. The molecule has 0 radical (unpaired) electrons. The first-order chi connectivity index (χ1) is 7.90. The second-order valence-corrected chi connectivity index (χ2v) is 4.33. The summed E-state index contributed by atoms with van der Waals surface area (Å²) in [7, 11) is -2.59. The van der Waals surface area contributed by atoms with E-state index in [-0.39, 0.29) is 12.3 Å². The van der Waals surface area contributed by atoms with Gasteiger partial charge < -0.3 is 9.47 Å². The van der Waals surface area contributed by atoms with Gasteiger partial charge in [-0.2, -0.15) is 8.42 Å². The van der Waals surface area contributed by atoms with Crippen LogP contribution in [0, 0.1) is 0 Å². The lowest BCUT2D eigenvalue weighted by atomic mass is 10.3. The maximum atomic E-state index is 10.8. The summed E-state index contributed by atoms with van der Waals surface area (Å²) in [4.78, 5) is 10.8. The Kier molecular flexibility index (Phi) is 4.30. The molecule has 17 heavy (non-hydrogen) atoms. The van der Waals surface area contributed by atoms with E-state index < -0.39 is 16.2 Å². The van der Waals surface area contributed by atoms with Crippen LogP contribution < -0.4 is 14.6 Å². The van der Waals surface area contributed by atoms with Crippen LogP contribution in [0.15, 0.2) is 24.3 Å². The van der Waals surface area contributed by atoms with Crippen molar-refractivity contribution in [2.75, 3.05) is 18.4 Å². The average molecular weight is 260 g/mol.